The molecule has 2 aromatic rings. The molecule has 2 saturated carbocycles. The van der Waals surface area contributed by atoms with Gasteiger partial charge in [0.1, 0.15) is 5.82 Å². The SMILES string of the molecule is O=C(CCSc1nnc(-c2ccccc2F)n1C1CC1)NC1CCCCC1. The van der Waals surface area contributed by atoms with Crippen molar-refractivity contribution in [2.75, 3.05) is 5.75 Å². The van der Waals surface area contributed by atoms with Crippen molar-refractivity contribution in [3.8, 4) is 11.4 Å². The van der Waals surface area contributed by atoms with Gasteiger partial charge >= 0.3 is 0 Å². The van der Waals surface area contributed by atoms with Crippen molar-refractivity contribution in [3.05, 3.63) is 30.1 Å². The summed E-state index contributed by atoms with van der Waals surface area (Å²) in [6.45, 7) is 0. The summed E-state index contributed by atoms with van der Waals surface area (Å²) in [6, 6.07) is 7.37. The Hall–Kier alpha value is -1.89. The smallest absolute Gasteiger partial charge is 0.221 e. The van der Waals surface area contributed by atoms with Crippen LogP contribution >= 0.6 is 11.8 Å². The third-order valence-electron chi connectivity index (χ3n) is 5.22. The number of carbonyl (C=O) groups excluding carboxylic acids is 1. The fraction of sp³-hybridized carbons (Fsp3) is 0.550. The summed E-state index contributed by atoms with van der Waals surface area (Å²) in [5.41, 5.74) is 0.485. The predicted octanol–water partition coefficient (Wildman–Crippen LogP) is 4.35. The summed E-state index contributed by atoms with van der Waals surface area (Å²) in [5, 5.41) is 12.5. The number of nitrogens with zero attached hydrogens (tertiary/aromatic N) is 3. The third kappa shape index (κ3) is 4.51. The number of amides is 1. The van der Waals surface area contributed by atoms with Gasteiger partial charge in [0.15, 0.2) is 11.0 Å². The molecule has 0 aliphatic heterocycles. The fourth-order valence-electron chi connectivity index (χ4n) is 3.65. The van der Waals surface area contributed by atoms with E-state index < -0.39 is 0 Å². The lowest BCUT2D eigenvalue weighted by Gasteiger charge is -2.22. The van der Waals surface area contributed by atoms with Gasteiger partial charge in [0.05, 0.1) is 5.56 Å². The second-order valence-corrected chi connectivity index (χ2v) is 8.45. The molecule has 2 aliphatic carbocycles. The van der Waals surface area contributed by atoms with Crippen LogP contribution in [0.25, 0.3) is 11.4 Å². The number of carbonyl (C=O) groups is 1. The van der Waals surface area contributed by atoms with Gasteiger partial charge < -0.3 is 5.32 Å². The van der Waals surface area contributed by atoms with Crippen LogP contribution < -0.4 is 5.32 Å². The topological polar surface area (TPSA) is 59.8 Å². The van der Waals surface area contributed by atoms with Crippen LogP contribution in [0.15, 0.2) is 29.4 Å². The Morgan fingerprint density at radius 3 is 2.67 bits per heavy atom. The Bertz CT molecular complexity index is 799. The molecule has 0 saturated heterocycles. The lowest BCUT2D eigenvalue weighted by atomic mass is 9.95. The van der Waals surface area contributed by atoms with Gasteiger partial charge in [-0.25, -0.2) is 4.39 Å². The number of rotatable bonds is 7. The van der Waals surface area contributed by atoms with Crippen LogP contribution in [0, 0.1) is 5.82 Å². The second kappa shape index (κ2) is 8.42. The molecule has 2 fully saturated rings. The molecule has 0 spiro atoms. The summed E-state index contributed by atoms with van der Waals surface area (Å²) in [7, 11) is 0. The Morgan fingerprint density at radius 1 is 1.15 bits per heavy atom. The molecule has 1 heterocycles. The number of nitrogens with one attached hydrogen (secondary N) is 1. The summed E-state index contributed by atoms with van der Waals surface area (Å²) >= 11 is 1.53. The van der Waals surface area contributed by atoms with Crippen molar-refractivity contribution < 1.29 is 9.18 Å². The minimum atomic E-state index is -0.282. The van der Waals surface area contributed by atoms with Crippen molar-refractivity contribution in [2.24, 2.45) is 0 Å². The van der Waals surface area contributed by atoms with Crippen molar-refractivity contribution in [1.82, 2.24) is 20.1 Å². The van der Waals surface area contributed by atoms with Gasteiger partial charge in [-0.15, -0.1) is 10.2 Å². The molecule has 1 aromatic heterocycles. The minimum Gasteiger partial charge on any atom is -0.353 e. The molecule has 1 amide bonds. The first-order valence-electron chi connectivity index (χ1n) is 9.84. The largest absolute Gasteiger partial charge is 0.353 e. The zero-order valence-corrected chi connectivity index (χ0v) is 16.2. The quantitative estimate of drug-likeness (QED) is 0.717. The van der Waals surface area contributed by atoms with Gasteiger partial charge in [-0.3, -0.25) is 9.36 Å². The van der Waals surface area contributed by atoms with Crippen LogP contribution in [0.2, 0.25) is 0 Å². The van der Waals surface area contributed by atoms with Crippen LogP contribution in [-0.4, -0.2) is 32.5 Å². The molecule has 4 rings (SSSR count). The molecular formula is C20H25FN4OS. The van der Waals surface area contributed by atoms with Crippen LogP contribution in [0.4, 0.5) is 4.39 Å². The molecule has 0 bridgehead atoms. The number of benzene rings is 1. The van der Waals surface area contributed by atoms with Gasteiger partial charge in [0.2, 0.25) is 5.91 Å². The Morgan fingerprint density at radius 2 is 1.93 bits per heavy atom. The maximum absolute atomic E-state index is 14.2. The van der Waals surface area contributed by atoms with E-state index in [9.17, 15) is 9.18 Å². The number of hydrogen-bond donors (Lipinski definition) is 1. The van der Waals surface area contributed by atoms with E-state index >= 15 is 0 Å². The Balaban J connectivity index is 1.38. The van der Waals surface area contributed by atoms with E-state index in [0.29, 0.717) is 35.6 Å². The first-order chi connectivity index (χ1) is 13.2. The second-order valence-electron chi connectivity index (χ2n) is 7.39. The van der Waals surface area contributed by atoms with Crippen molar-refractivity contribution in [1.29, 1.82) is 0 Å². The molecule has 5 nitrogen and oxygen atoms in total. The molecule has 144 valence electrons. The van der Waals surface area contributed by atoms with Crippen LogP contribution in [0.3, 0.4) is 0 Å². The Kier molecular flexibility index (Phi) is 5.76. The average molecular weight is 389 g/mol. The molecule has 2 aliphatic rings. The minimum absolute atomic E-state index is 0.112. The van der Waals surface area contributed by atoms with Gasteiger partial charge in [-0.05, 0) is 37.8 Å². The summed E-state index contributed by atoms with van der Waals surface area (Å²) in [4.78, 5) is 12.2. The highest BCUT2D eigenvalue weighted by Crippen LogP contribution is 2.41. The summed E-state index contributed by atoms with van der Waals surface area (Å²) in [5.74, 6) is 1.07. The molecule has 27 heavy (non-hydrogen) atoms. The lowest BCUT2D eigenvalue weighted by Crippen LogP contribution is -2.36. The van der Waals surface area contributed by atoms with Crippen LogP contribution in [-0.2, 0) is 4.79 Å². The van der Waals surface area contributed by atoms with Crippen LogP contribution in [0.1, 0.15) is 57.4 Å². The summed E-state index contributed by atoms with van der Waals surface area (Å²) < 4.78 is 16.2. The van der Waals surface area contributed by atoms with Crippen molar-refractivity contribution >= 4 is 17.7 Å². The maximum Gasteiger partial charge on any atom is 0.221 e. The monoisotopic (exact) mass is 388 g/mol. The zero-order chi connectivity index (χ0) is 18.6. The van der Waals surface area contributed by atoms with E-state index in [2.05, 4.69) is 15.5 Å². The fourth-order valence-corrected chi connectivity index (χ4v) is 4.59. The van der Waals surface area contributed by atoms with Crippen LogP contribution in [0.5, 0.6) is 0 Å². The van der Waals surface area contributed by atoms with E-state index in [1.807, 2.05) is 10.6 Å². The van der Waals surface area contributed by atoms with Gasteiger partial charge in [-0.2, -0.15) is 0 Å². The lowest BCUT2D eigenvalue weighted by molar-refractivity contribution is -0.121. The molecule has 0 radical (unpaired) electrons. The zero-order valence-electron chi connectivity index (χ0n) is 15.4. The van der Waals surface area contributed by atoms with Gasteiger partial charge in [-0.1, -0.05) is 43.2 Å². The highest BCUT2D eigenvalue weighted by Gasteiger charge is 2.31. The first kappa shape index (κ1) is 18.5. The van der Waals surface area contributed by atoms with E-state index in [4.69, 9.17) is 0 Å². The Labute approximate surface area is 163 Å². The molecule has 1 aromatic carbocycles. The third-order valence-corrected chi connectivity index (χ3v) is 6.17. The molecule has 1 N–H and O–H groups in total. The van der Waals surface area contributed by atoms with E-state index in [1.54, 1.807) is 12.1 Å². The first-order valence-corrected chi connectivity index (χ1v) is 10.8. The van der Waals surface area contributed by atoms with E-state index in [-0.39, 0.29) is 11.7 Å². The normalized spacial score (nSPS) is 17.8. The molecule has 7 heteroatoms. The van der Waals surface area contributed by atoms with Crippen molar-refractivity contribution in [3.63, 3.8) is 0 Å². The number of hydrogen-bond acceptors (Lipinski definition) is 4. The number of halogens is 1. The summed E-state index contributed by atoms with van der Waals surface area (Å²) in [6.07, 6.45) is 8.50. The average Bonchev–Trinajstić information content (AvgIpc) is 3.43. The number of aromatic nitrogens is 3. The van der Waals surface area contributed by atoms with Crippen molar-refractivity contribution in [2.45, 2.75) is 68.6 Å². The predicted molar refractivity (Wildman–Crippen MR) is 104 cm³/mol. The standard InChI is InChI=1S/C20H25FN4OS/c21-17-9-5-4-8-16(17)19-23-24-20(25(19)15-10-11-15)27-13-12-18(26)22-14-6-2-1-3-7-14/h4-5,8-9,14-15H,1-3,6-7,10-13H2,(H,22,26). The molecule has 0 atom stereocenters. The van der Waals surface area contributed by atoms with Gasteiger partial charge in [0.25, 0.3) is 0 Å². The molecule has 0 unspecified atom stereocenters. The number of thioether (sulfide) groups is 1. The van der Waals surface area contributed by atoms with E-state index in [0.717, 1.165) is 30.8 Å². The highest BCUT2D eigenvalue weighted by molar-refractivity contribution is 7.99. The van der Waals surface area contributed by atoms with Gasteiger partial charge in [0, 0.05) is 24.3 Å². The highest BCUT2D eigenvalue weighted by atomic mass is 32.2. The molecular weight excluding hydrogens is 363 g/mol. The maximum atomic E-state index is 14.2. The van der Waals surface area contributed by atoms with E-state index in [1.165, 1.54) is 37.1 Å².